The predicted molar refractivity (Wildman–Crippen MR) is 45.6 cm³/mol. The van der Waals surface area contributed by atoms with Gasteiger partial charge in [0.05, 0.1) is 0 Å². The van der Waals surface area contributed by atoms with Crippen LogP contribution < -0.4 is 5.73 Å². The van der Waals surface area contributed by atoms with Gasteiger partial charge in [0.1, 0.15) is 0 Å². The lowest BCUT2D eigenvalue weighted by atomic mass is 9.82. The highest BCUT2D eigenvalue weighted by molar-refractivity contribution is 5.52. The fraction of sp³-hybridized carbons (Fsp3) is 0.400. The molecular weight excluding hydrogens is 134 g/mol. The lowest BCUT2D eigenvalue weighted by molar-refractivity contribution is 0.406. The SMILES string of the molecule is Nc1ccc2c(c1)C1CC2C1. The summed E-state index contributed by atoms with van der Waals surface area (Å²) in [5, 5.41) is 0. The van der Waals surface area contributed by atoms with Crippen molar-refractivity contribution < 1.29 is 0 Å². The molecule has 0 radical (unpaired) electrons. The zero-order valence-electron chi connectivity index (χ0n) is 6.38. The molecule has 0 unspecified atom stereocenters. The number of nitrogens with two attached hydrogens (primary N) is 1. The second kappa shape index (κ2) is 1.60. The van der Waals surface area contributed by atoms with E-state index in [0.29, 0.717) is 0 Å². The van der Waals surface area contributed by atoms with E-state index in [1.165, 1.54) is 18.4 Å². The van der Waals surface area contributed by atoms with E-state index < -0.39 is 0 Å². The first kappa shape index (κ1) is 5.64. The van der Waals surface area contributed by atoms with Crippen LogP contribution in [0.3, 0.4) is 0 Å². The minimum atomic E-state index is 0.860. The summed E-state index contributed by atoms with van der Waals surface area (Å²) in [4.78, 5) is 0. The largest absolute Gasteiger partial charge is 0.399 e. The van der Waals surface area contributed by atoms with Crippen LogP contribution in [-0.4, -0.2) is 0 Å². The molecule has 11 heavy (non-hydrogen) atoms. The second-order valence-electron chi connectivity index (χ2n) is 3.75. The molecule has 0 aromatic heterocycles. The molecular formula is C10H11N. The molecule has 0 saturated heterocycles. The summed E-state index contributed by atoms with van der Waals surface area (Å²) >= 11 is 0. The van der Waals surface area contributed by atoms with Gasteiger partial charge in [-0.05, 0) is 47.9 Å². The van der Waals surface area contributed by atoms with Crippen molar-refractivity contribution in [2.24, 2.45) is 0 Å². The minimum absolute atomic E-state index is 0.860. The Morgan fingerprint density at radius 2 is 1.82 bits per heavy atom. The lowest BCUT2D eigenvalue weighted by Crippen LogP contribution is -2.06. The molecule has 1 aromatic rings. The molecule has 4 rings (SSSR count). The summed E-state index contributed by atoms with van der Waals surface area (Å²) in [5.41, 5.74) is 9.75. The molecule has 0 heterocycles. The van der Waals surface area contributed by atoms with Crippen LogP contribution in [0.5, 0.6) is 0 Å². The van der Waals surface area contributed by atoms with Crippen LogP contribution in [0, 0.1) is 0 Å². The van der Waals surface area contributed by atoms with Crippen molar-refractivity contribution in [3.63, 3.8) is 0 Å². The van der Waals surface area contributed by atoms with Gasteiger partial charge in [0.15, 0.2) is 0 Å². The monoisotopic (exact) mass is 145 g/mol. The van der Waals surface area contributed by atoms with E-state index in [4.69, 9.17) is 5.73 Å². The first-order valence-electron chi connectivity index (χ1n) is 4.24. The Bertz CT molecular complexity index is 311. The molecule has 2 N–H and O–H groups in total. The van der Waals surface area contributed by atoms with Crippen LogP contribution in [0.4, 0.5) is 5.69 Å². The van der Waals surface area contributed by atoms with Crippen LogP contribution in [0.2, 0.25) is 0 Å². The summed E-state index contributed by atoms with van der Waals surface area (Å²) in [6.07, 6.45) is 2.78. The summed E-state index contributed by atoms with van der Waals surface area (Å²) in [5.74, 6) is 1.74. The highest BCUT2D eigenvalue weighted by atomic mass is 14.6. The Hall–Kier alpha value is -0.980. The van der Waals surface area contributed by atoms with Gasteiger partial charge in [-0.15, -0.1) is 0 Å². The average molecular weight is 145 g/mol. The predicted octanol–water partition coefficient (Wildman–Crippen LogP) is 2.24. The molecule has 1 saturated carbocycles. The molecule has 56 valence electrons. The molecule has 2 bridgehead atoms. The van der Waals surface area contributed by atoms with Crippen LogP contribution in [0.15, 0.2) is 18.2 Å². The second-order valence-corrected chi connectivity index (χ2v) is 3.75. The highest BCUT2D eigenvalue weighted by Crippen LogP contribution is 2.57. The van der Waals surface area contributed by atoms with Crippen molar-refractivity contribution in [3.8, 4) is 0 Å². The average Bonchev–Trinajstić information content (AvgIpc) is 2.36. The zero-order valence-corrected chi connectivity index (χ0v) is 6.38. The van der Waals surface area contributed by atoms with Crippen LogP contribution in [-0.2, 0) is 0 Å². The maximum atomic E-state index is 5.71. The van der Waals surface area contributed by atoms with Crippen molar-refractivity contribution in [1.82, 2.24) is 0 Å². The van der Waals surface area contributed by atoms with Crippen molar-refractivity contribution in [1.29, 1.82) is 0 Å². The summed E-state index contributed by atoms with van der Waals surface area (Å²) < 4.78 is 0. The van der Waals surface area contributed by atoms with Crippen molar-refractivity contribution in [3.05, 3.63) is 29.3 Å². The topological polar surface area (TPSA) is 26.0 Å². The van der Waals surface area contributed by atoms with Gasteiger partial charge < -0.3 is 5.73 Å². The molecule has 0 aliphatic heterocycles. The molecule has 0 amide bonds. The number of nitrogen functional groups attached to an aromatic ring is 1. The summed E-state index contributed by atoms with van der Waals surface area (Å²) in [6.45, 7) is 0. The fourth-order valence-corrected chi connectivity index (χ4v) is 2.44. The van der Waals surface area contributed by atoms with Gasteiger partial charge >= 0.3 is 0 Å². The van der Waals surface area contributed by atoms with E-state index in [1.807, 2.05) is 6.07 Å². The number of benzene rings is 1. The quantitative estimate of drug-likeness (QED) is 0.557. The zero-order chi connectivity index (χ0) is 7.42. The molecule has 1 heteroatoms. The Morgan fingerprint density at radius 1 is 1.09 bits per heavy atom. The Morgan fingerprint density at radius 3 is 2.64 bits per heavy atom. The molecule has 1 fully saturated rings. The van der Waals surface area contributed by atoms with Gasteiger partial charge in [-0.1, -0.05) is 6.07 Å². The Balaban J connectivity index is 2.24. The standard InChI is InChI=1S/C10H11N/c11-8-1-2-9-6-3-7(4-6)10(9)5-8/h1-2,5-7H,3-4,11H2. The van der Waals surface area contributed by atoms with Gasteiger partial charge in [-0.3, -0.25) is 0 Å². The first-order valence-corrected chi connectivity index (χ1v) is 4.24. The van der Waals surface area contributed by atoms with Crippen LogP contribution in [0.25, 0.3) is 0 Å². The normalized spacial score (nSPS) is 31.3. The molecule has 0 spiro atoms. The Labute approximate surface area is 66.2 Å². The van der Waals surface area contributed by atoms with E-state index in [9.17, 15) is 0 Å². The summed E-state index contributed by atoms with van der Waals surface area (Å²) in [7, 11) is 0. The number of hydrogen-bond acceptors (Lipinski definition) is 1. The van der Waals surface area contributed by atoms with Gasteiger partial charge in [0.25, 0.3) is 0 Å². The number of anilines is 1. The maximum absolute atomic E-state index is 5.71. The lowest BCUT2D eigenvalue weighted by Gasteiger charge is -2.22. The van der Waals surface area contributed by atoms with E-state index in [2.05, 4.69) is 12.1 Å². The van der Waals surface area contributed by atoms with Crippen molar-refractivity contribution >= 4 is 5.69 Å². The third-order valence-electron chi connectivity index (χ3n) is 3.13. The van der Waals surface area contributed by atoms with Gasteiger partial charge in [-0.25, -0.2) is 0 Å². The van der Waals surface area contributed by atoms with Gasteiger partial charge in [0, 0.05) is 5.69 Å². The number of hydrogen-bond donors (Lipinski definition) is 1. The molecule has 3 aliphatic rings. The minimum Gasteiger partial charge on any atom is -0.399 e. The first-order chi connectivity index (χ1) is 5.34. The Kier molecular flexibility index (Phi) is 0.823. The highest BCUT2D eigenvalue weighted by Gasteiger charge is 2.41. The molecule has 1 nitrogen and oxygen atoms in total. The third-order valence-corrected chi connectivity index (χ3v) is 3.13. The molecule has 3 aliphatic carbocycles. The van der Waals surface area contributed by atoms with Crippen LogP contribution >= 0.6 is 0 Å². The van der Waals surface area contributed by atoms with Crippen LogP contribution in [0.1, 0.15) is 35.8 Å². The van der Waals surface area contributed by atoms with Crippen molar-refractivity contribution in [2.75, 3.05) is 5.73 Å². The van der Waals surface area contributed by atoms with E-state index in [-0.39, 0.29) is 0 Å². The van der Waals surface area contributed by atoms with Crippen molar-refractivity contribution in [2.45, 2.75) is 24.7 Å². The van der Waals surface area contributed by atoms with E-state index in [1.54, 1.807) is 5.56 Å². The van der Waals surface area contributed by atoms with Gasteiger partial charge in [0.2, 0.25) is 0 Å². The smallest absolute Gasteiger partial charge is 0.0317 e. The number of rotatable bonds is 0. The van der Waals surface area contributed by atoms with E-state index >= 15 is 0 Å². The molecule has 1 aromatic carbocycles. The fourth-order valence-electron chi connectivity index (χ4n) is 2.44. The summed E-state index contributed by atoms with van der Waals surface area (Å²) in [6, 6.07) is 6.40. The van der Waals surface area contributed by atoms with Gasteiger partial charge in [-0.2, -0.15) is 0 Å². The third kappa shape index (κ3) is 0.566. The maximum Gasteiger partial charge on any atom is 0.0317 e. The van der Waals surface area contributed by atoms with E-state index in [0.717, 1.165) is 17.5 Å². The molecule has 0 atom stereocenters.